The van der Waals surface area contributed by atoms with Crippen molar-refractivity contribution in [1.29, 1.82) is 0 Å². The van der Waals surface area contributed by atoms with Gasteiger partial charge in [0.1, 0.15) is 34.0 Å². The third kappa shape index (κ3) is 3.15. The minimum Gasteiger partial charge on any atom is -0.495 e. The zero-order valence-electron chi connectivity index (χ0n) is 13.7. The summed E-state index contributed by atoms with van der Waals surface area (Å²) in [4.78, 5) is 18.5. The van der Waals surface area contributed by atoms with Crippen LogP contribution in [0.1, 0.15) is 11.8 Å². The number of amidine groups is 1. The summed E-state index contributed by atoms with van der Waals surface area (Å²) in [5.74, 6) is 1.26. The molecule has 0 saturated heterocycles. The van der Waals surface area contributed by atoms with E-state index in [0.717, 1.165) is 10.6 Å². The van der Waals surface area contributed by atoms with Crippen LogP contribution in [0.25, 0.3) is 0 Å². The number of methoxy groups -OCH3 is 2. The SMILES string of the molecule is COc1cc(OC)c(Cl)c(N2CN=C(NC(C)=O)c3sccc32)c1Cl. The highest BCUT2D eigenvalue weighted by Crippen LogP contribution is 2.49. The fourth-order valence-electron chi connectivity index (χ4n) is 2.55. The van der Waals surface area contributed by atoms with E-state index in [1.165, 1.54) is 32.5 Å². The number of rotatable bonds is 3. The van der Waals surface area contributed by atoms with Gasteiger partial charge in [-0.3, -0.25) is 4.79 Å². The Balaban J connectivity index is 2.13. The summed E-state index contributed by atoms with van der Waals surface area (Å²) in [6, 6.07) is 3.56. The first-order chi connectivity index (χ1) is 12.0. The van der Waals surface area contributed by atoms with E-state index in [9.17, 15) is 4.79 Å². The molecule has 1 aliphatic rings. The number of thiophene rings is 1. The van der Waals surface area contributed by atoms with Crippen LogP contribution < -0.4 is 19.7 Å². The van der Waals surface area contributed by atoms with E-state index in [0.29, 0.717) is 33.1 Å². The Morgan fingerprint density at radius 3 is 2.48 bits per heavy atom. The second kappa shape index (κ2) is 7.11. The maximum Gasteiger partial charge on any atom is 0.222 e. The van der Waals surface area contributed by atoms with Crippen LogP contribution in [0.5, 0.6) is 11.5 Å². The number of hydrogen-bond donors (Lipinski definition) is 1. The predicted molar refractivity (Wildman–Crippen MR) is 101 cm³/mol. The van der Waals surface area contributed by atoms with Crippen LogP contribution in [0.2, 0.25) is 10.0 Å². The van der Waals surface area contributed by atoms with Gasteiger partial charge in [-0.05, 0) is 11.4 Å². The molecule has 3 rings (SSSR count). The number of amides is 1. The number of nitrogens with zero attached hydrogens (tertiary/aromatic N) is 2. The first-order valence-electron chi connectivity index (χ1n) is 7.25. The first-order valence-corrected chi connectivity index (χ1v) is 8.88. The van der Waals surface area contributed by atoms with Gasteiger partial charge in [-0.25, -0.2) is 4.99 Å². The zero-order chi connectivity index (χ0) is 18.1. The minimum atomic E-state index is -0.175. The molecule has 0 atom stereocenters. The van der Waals surface area contributed by atoms with E-state index >= 15 is 0 Å². The molecule has 9 heteroatoms. The van der Waals surface area contributed by atoms with Crippen molar-refractivity contribution in [2.45, 2.75) is 6.92 Å². The summed E-state index contributed by atoms with van der Waals surface area (Å²) < 4.78 is 10.7. The van der Waals surface area contributed by atoms with Crippen LogP contribution in [-0.2, 0) is 4.79 Å². The Kier molecular flexibility index (Phi) is 5.08. The molecule has 25 heavy (non-hydrogen) atoms. The van der Waals surface area contributed by atoms with Crippen LogP contribution in [0.15, 0.2) is 22.5 Å². The van der Waals surface area contributed by atoms with Crippen molar-refractivity contribution in [1.82, 2.24) is 5.32 Å². The average molecular weight is 400 g/mol. The molecule has 1 aromatic carbocycles. The first kappa shape index (κ1) is 17.8. The van der Waals surface area contributed by atoms with Crippen LogP contribution in [0.3, 0.4) is 0 Å². The fraction of sp³-hybridized carbons (Fsp3) is 0.250. The van der Waals surface area contributed by atoms with Crippen molar-refractivity contribution < 1.29 is 14.3 Å². The Morgan fingerprint density at radius 1 is 1.28 bits per heavy atom. The minimum absolute atomic E-state index is 0.175. The standard InChI is InChI=1S/C16H15Cl2N3O3S/c1-8(22)20-16-15-9(4-5-25-15)21(7-19-16)14-12(17)10(23-2)6-11(24-3)13(14)18/h4-6H,7H2,1-3H3,(H,19,20,22). The summed E-state index contributed by atoms with van der Waals surface area (Å²) in [6.45, 7) is 1.69. The maximum absolute atomic E-state index is 11.4. The van der Waals surface area contributed by atoms with Crippen molar-refractivity contribution in [2.24, 2.45) is 4.99 Å². The van der Waals surface area contributed by atoms with Gasteiger partial charge in [-0.15, -0.1) is 11.3 Å². The summed E-state index contributed by atoms with van der Waals surface area (Å²) in [5, 5.41) is 5.39. The zero-order valence-corrected chi connectivity index (χ0v) is 16.1. The normalized spacial score (nSPS) is 13.2. The molecule has 1 aliphatic heterocycles. The second-order valence-corrected chi connectivity index (χ2v) is 6.82. The molecule has 0 bridgehead atoms. The van der Waals surface area contributed by atoms with Gasteiger partial charge in [0.05, 0.1) is 30.5 Å². The Labute approximate surface area is 159 Å². The third-order valence-corrected chi connectivity index (χ3v) is 5.28. The van der Waals surface area contributed by atoms with E-state index in [1.807, 2.05) is 16.3 Å². The number of anilines is 2. The molecule has 0 aliphatic carbocycles. The molecule has 132 valence electrons. The molecule has 2 aromatic rings. The largest absolute Gasteiger partial charge is 0.495 e. The molecule has 2 heterocycles. The Morgan fingerprint density at radius 2 is 1.92 bits per heavy atom. The lowest BCUT2D eigenvalue weighted by Crippen LogP contribution is -2.34. The summed E-state index contributed by atoms with van der Waals surface area (Å²) in [7, 11) is 3.05. The van der Waals surface area contributed by atoms with E-state index < -0.39 is 0 Å². The summed E-state index contributed by atoms with van der Waals surface area (Å²) in [5.41, 5.74) is 1.40. The number of ether oxygens (including phenoxy) is 2. The quantitative estimate of drug-likeness (QED) is 0.844. The lowest BCUT2D eigenvalue weighted by molar-refractivity contribution is -0.117. The van der Waals surface area contributed by atoms with Crippen LogP contribution in [0, 0.1) is 0 Å². The number of nitrogens with one attached hydrogen (secondary N) is 1. The molecule has 0 saturated carbocycles. The van der Waals surface area contributed by atoms with Crippen LogP contribution in [0.4, 0.5) is 11.4 Å². The maximum atomic E-state index is 11.4. The number of halogens is 2. The molecule has 6 nitrogen and oxygen atoms in total. The monoisotopic (exact) mass is 399 g/mol. The predicted octanol–water partition coefficient (Wildman–Crippen LogP) is 4.06. The number of hydrogen-bond acceptors (Lipinski definition) is 6. The van der Waals surface area contributed by atoms with E-state index in [1.54, 1.807) is 6.07 Å². The summed E-state index contributed by atoms with van der Waals surface area (Å²) >= 11 is 14.5. The third-order valence-electron chi connectivity index (χ3n) is 3.64. The number of carbonyl (C=O) groups is 1. The lowest BCUT2D eigenvalue weighted by atomic mass is 10.2. The number of benzene rings is 1. The topological polar surface area (TPSA) is 63.2 Å². The second-order valence-electron chi connectivity index (χ2n) is 5.15. The number of fused-ring (bicyclic) bond motifs is 1. The Hall–Kier alpha value is -1.96. The highest BCUT2D eigenvalue weighted by molar-refractivity contribution is 7.12. The van der Waals surface area contributed by atoms with Crippen molar-refractivity contribution in [3.63, 3.8) is 0 Å². The summed E-state index contributed by atoms with van der Waals surface area (Å²) in [6.07, 6.45) is 0. The van der Waals surface area contributed by atoms with Crippen molar-refractivity contribution in [2.75, 3.05) is 25.8 Å². The molecule has 0 unspecified atom stereocenters. The highest BCUT2D eigenvalue weighted by Gasteiger charge is 2.29. The molecule has 0 radical (unpaired) electrons. The Bertz CT molecular complexity index is 838. The van der Waals surface area contributed by atoms with Gasteiger partial charge in [0.25, 0.3) is 0 Å². The molecular weight excluding hydrogens is 385 g/mol. The van der Waals surface area contributed by atoms with Gasteiger partial charge in [-0.2, -0.15) is 0 Å². The van der Waals surface area contributed by atoms with Crippen LogP contribution >= 0.6 is 34.5 Å². The van der Waals surface area contributed by atoms with Gasteiger partial charge >= 0.3 is 0 Å². The fourth-order valence-corrected chi connectivity index (χ4v) is 4.11. The smallest absolute Gasteiger partial charge is 0.222 e. The molecule has 0 spiro atoms. The highest BCUT2D eigenvalue weighted by atomic mass is 35.5. The van der Waals surface area contributed by atoms with Gasteiger partial charge in [0.15, 0.2) is 0 Å². The molecule has 1 N–H and O–H groups in total. The number of aliphatic imine (C=N–C) groups is 1. The van der Waals surface area contributed by atoms with E-state index in [-0.39, 0.29) is 12.6 Å². The van der Waals surface area contributed by atoms with Crippen molar-refractivity contribution >= 4 is 57.7 Å². The van der Waals surface area contributed by atoms with E-state index in [4.69, 9.17) is 32.7 Å². The van der Waals surface area contributed by atoms with Gasteiger partial charge in [0, 0.05) is 13.0 Å². The van der Waals surface area contributed by atoms with Gasteiger partial charge in [-0.1, -0.05) is 23.2 Å². The van der Waals surface area contributed by atoms with Gasteiger partial charge in [0.2, 0.25) is 5.91 Å². The van der Waals surface area contributed by atoms with Crippen LogP contribution in [-0.4, -0.2) is 32.6 Å². The number of carbonyl (C=O) groups excluding carboxylic acids is 1. The molecule has 1 amide bonds. The van der Waals surface area contributed by atoms with Crippen molar-refractivity contribution in [3.05, 3.63) is 32.4 Å². The average Bonchev–Trinajstić information content (AvgIpc) is 3.07. The van der Waals surface area contributed by atoms with Gasteiger partial charge < -0.3 is 19.7 Å². The molecule has 0 fully saturated rings. The van der Waals surface area contributed by atoms with E-state index in [2.05, 4.69) is 10.3 Å². The van der Waals surface area contributed by atoms with Crippen molar-refractivity contribution in [3.8, 4) is 11.5 Å². The molecular formula is C16H15Cl2N3O3S. The lowest BCUT2D eigenvalue weighted by Gasteiger charge is -2.30. The molecule has 1 aromatic heterocycles.